The summed E-state index contributed by atoms with van der Waals surface area (Å²) in [6, 6.07) is 34.8. The highest BCUT2D eigenvalue weighted by Gasteiger charge is 2.28. The third-order valence-electron chi connectivity index (χ3n) is 9.45. The standard InChI is InChI=1S/C27H31NO5.C25H27NO5/c1-6-7-13-23(29)32-18-27(2,3)19-33-26(30)25(28-4)24(20-11-9-8-10-12-20)21-14-16-22(31-5)17-15-21;1-5-22(27)30-16-25(2,3)17-31-24(28)21(15-26)23(18-9-7-6-8-10-18)19-11-13-20(29-4)14-12-19/h8-12,14-17H,6-7,13,18-19H2,1-3,5H3;6-14H,5,16-17H2,1-4H3. The zero-order chi connectivity index (χ0) is 47.1. The van der Waals surface area contributed by atoms with Crippen molar-refractivity contribution < 1.29 is 47.6 Å². The molecule has 0 aliphatic heterocycles. The Morgan fingerprint density at radius 3 is 1.41 bits per heavy atom. The van der Waals surface area contributed by atoms with Crippen LogP contribution >= 0.6 is 0 Å². The van der Waals surface area contributed by atoms with E-state index in [0.29, 0.717) is 40.2 Å². The molecule has 64 heavy (non-hydrogen) atoms. The predicted molar refractivity (Wildman–Crippen MR) is 244 cm³/mol. The Hall–Kier alpha value is -7.18. The maximum absolute atomic E-state index is 13.0. The molecule has 12 nitrogen and oxygen atoms in total. The first-order valence-corrected chi connectivity index (χ1v) is 20.9. The van der Waals surface area contributed by atoms with Crippen molar-refractivity contribution in [1.29, 1.82) is 5.26 Å². The van der Waals surface area contributed by atoms with E-state index in [9.17, 15) is 24.4 Å². The second-order valence-corrected chi connectivity index (χ2v) is 16.1. The minimum Gasteiger partial charge on any atom is -0.497 e. The number of carbonyl (C=O) groups is 4. The molecule has 0 saturated carbocycles. The van der Waals surface area contributed by atoms with Gasteiger partial charge in [0.25, 0.3) is 5.70 Å². The molecule has 0 aliphatic rings. The molecule has 0 unspecified atom stereocenters. The van der Waals surface area contributed by atoms with Gasteiger partial charge in [0.1, 0.15) is 29.7 Å². The predicted octanol–water partition coefficient (Wildman–Crippen LogP) is 10.2. The van der Waals surface area contributed by atoms with Crippen LogP contribution in [0.5, 0.6) is 11.5 Å². The molecule has 0 fully saturated rings. The van der Waals surface area contributed by atoms with Crippen LogP contribution in [0.15, 0.2) is 120 Å². The average Bonchev–Trinajstić information content (AvgIpc) is 3.32. The van der Waals surface area contributed by atoms with Crippen LogP contribution in [0, 0.1) is 28.7 Å². The second kappa shape index (κ2) is 25.7. The van der Waals surface area contributed by atoms with Gasteiger partial charge in [0.05, 0.1) is 40.6 Å². The van der Waals surface area contributed by atoms with Crippen LogP contribution in [0.2, 0.25) is 0 Å². The van der Waals surface area contributed by atoms with E-state index in [0.717, 1.165) is 24.0 Å². The molecular formula is C52H58N2O10. The molecule has 0 bridgehead atoms. The molecular weight excluding hydrogens is 813 g/mol. The highest BCUT2D eigenvalue weighted by Crippen LogP contribution is 2.32. The smallest absolute Gasteiger partial charge is 0.349 e. The van der Waals surface area contributed by atoms with Crippen molar-refractivity contribution in [1.82, 2.24) is 0 Å². The van der Waals surface area contributed by atoms with E-state index in [4.69, 9.17) is 35.0 Å². The summed E-state index contributed by atoms with van der Waals surface area (Å²) >= 11 is 0. The maximum atomic E-state index is 13.0. The Kier molecular flexibility index (Phi) is 20.5. The summed E-state index contributed by atoms with van der Waals surface area (Å²) in [6.45, 7) is 19.0. The van der Waals surface area contributed by atoms with E-state index < -0.39 is 22.8 Å². The van der Waals surface area contributed by atoms with Gasteiger partial charge in [0.15, 0.2) is 0 Å². The van der Waals surface area contributed by atoms with Gasteiger partial charge in [-0.1, -0.05) is 133 Å². The van der Waals surface area contributed by atoms with Crippen LogP contribution < -0.4 is 9.47 Å². The van der Waals surface area contributed by atoms with Crippen LogP contribution in [0.4, 0.5) is 0 Å². The number of unbranched alkanes of at least 4 members (excludes halogenated alkanes) is 1. The molecule has 12 heteroatoms. The molecule has 4 aromatic carbocycles. The van der Waals surface area contributed by atoms with E-state index in [2.05, 4.69) is 4.85 Å². The maximum Gasteiger partial charge on any atom is 0.349 e. The van der Waals surface area contributed by atoms with Crippen molar-refractivity contribution in [2.45, 2.75) is 67.2 Å². The van der Waals surface area contributed by atoms with E-state index in [1.165, 1.54) is 0 Å². The quantitative estimate of drug-likeness (QED) is 0.0274. The number of ether oxygens (including phenoxy) is 6. The zero-order valence-electron chi connectivity index (χ0n) is 38.0. The first kappa shape index (κ1) is 51.2. The molecule has 0 saturated heterocycles. The molecule has 0 amide bonds. The molecule has 0 heterocycles. The summed E-state index contributed by atoms with van der Waals surface area (Å²) < 4.78 is 31.9. The van der Waals surface area contributed by atoms with Gasteiger partial charge in [-0.25, -0.2) is 9.64 Å². The number of carbonyl (C=O) groups excluding carboxylic acids is 4. The molecule has 4 aromatic rings. The molecule has 0 spiro atoms. The molecule has 0 radical (unpaired) electrons. The number of nitrogens with zero attached hydrogens (tertiary/aromatic N) is 2. The number of rotatable bonds is 20. The third-order valence-corrected chi connectivity index (χ3v) is 9.45. The number of methoxy groups -OCH3 is 2. The van der Waals surface area contributed by atoms with Gasteiger partial charge in [0.2, 0.25) is 0 Å². The summed E-state index contributed by atoms with van der Waals surface area (Å²) in [5, 5.41) is 9.83. The lowest BCUT2D eigenvalue weighted by Crippen LogP contribution is -2.29. The largest absolute Gasteiger partial charge is 0.497 e. The highest BCUT2D eigenvalue weighted by molar-refractivity contribution is 6.05. The molecule has 0 atom stereocenters. The number of hydrogen-bond acceptors (Lipinski definition) is 11. The molecule has 336 valence electrons. The summed E-state index contributed by atoms with van der Waals surface area (Å²) in [4.78, 5) is 52.6. The fourth-order valence-electron chi connectivity index (χ4n) is 5.82. The van der Waals surface area contributed by atoms with Gasteiger partial charge >= 0.3 is 23.9 Å². The van der Waals surface area contributed by atoms with E-state index in [1.54, 1.807) is 69.7 Å². The third kappa shape index (κ3) is 16.3. The van der Waals surface area contributed by atoms with Gasteiger partial charge in [0, 0.05) is 34.8 Å². The van der Waals surface area contributed by atoms with Gasteiger partial charge in [-0.3, -0.25) is 14.4 Å². The van der Waals surface area contributed by atoms with Gasteiger partial charge in [-0.2, -0.15) is 5.26 Å². The summed E-state index contributed by atoms with van der Waals surface area (Å²) in [7, 11) is 3.15. The Morgan fingerprint density at radius 2 is 0.984 bits per heavy atom. The molecule has 0 aromatic heterocycles. The lowest BCUT2D eigenvalue weighted by molar-refractivity contribution is -0.152. The minimum absolute atomic E-state index is 0.00130. The molecule has 0 N–H and O–H groups in total. The van der Waals surface area contributed by atoms with Crippen molar-refractivity contribution in [2.75, 3.05) is 40.6 Å². The summed E-state index contributed by atoms with van der Waals surface area (Å²) in [5.74, 6) is -0.683. The van der Waals surface area contributed by atoms with Crippen LogP contribution in [0.1, 0.15) is 89.5 Å². The highest BCUT2D eigenvalue weighted by atomic mass is 16.6. The van der Waals surface area contributed by atoms with Crippen molar-refractivity contribution in [2.24, 2.45) is 10.8 Å². The van der Waals surface area contributed by atoms with Crippen molar-refractivity contribution in [3.05, 3.63) is 154 Å². The molecule has 4 rings (SSSR count). The van der Waals surface area contributed by atoms with Crippen LogP contribution in [-0.2, 0) is 38.1 Å². The van der Waals surface area contributed by atoms with Crippen LogP contribution in [0.25, 0.3) is 16.0 Å². The number of benzene rings is 4. The SMILES string of the molecule is CCC(=O)OCC(C)(C)COC(=O)C(C#N)=C(c1ccccc1)c1ccc(OC)cc1.[C-]#[N+]C(C(=O)OCC(C)(C)COC(=O)CCCC)=C(c1ccccc1)c1ccc(OC)cc1. The first-order valence-electron chi connectivity index (χ1n) is 20.9. The Balaban J connectivity index is 0.000000341. The fraction of sp³-hybridized carbons (Fsp3) is 0.346. The topological polar surface area (TPSA) is 152 Å². The van der Waals surface area contributed by atoms with Gasteiger partial charge in [-0.05, 0) is 52.9 Å². The second-order valence-electron chi connectivity index (χ2n) is 16.1. The van der Waals surface area contributed by atoms with Crippen molar-refractivity contribution >= 4 is 35.0 Å². The van der Waals surface area contributed by atoms with Gasteiger partial charge < -0.3 is 28.4 Å². The minimum atomic E-state index is -0.730. The van der Waals surface area contributed by atoms with E-state index in [1.807, 2.05) is 101 Å². The zero-order valence-corrected chi connectivity index (χ0v) is 38.0. The van der Waals surface area contributed by atoms with Crippen LogP contribution in [0.3, 0.4) is 0 Å². The van der Waals surface area contributed by atoms with E-state index in [-0.39, 0.29) is 56.1 Å². The Labute approximate surface area is 377 Å². The Morgan fingerprint density at radius 1 is 0.578 bits per heavy atom. The lowest BCUT2D eigenvalue weighted by Gasteiger charge is -2.24. The monoisotopic (exact) mass is 870 g/mol. The Bertz CT molecular complexity index is 2300. The number of nitriles is 1. The van der Waals surface area contributed by atoms with E-state index >= 15 is 0 Å². The average molecular weight is 871 g/mol. The normalized spacial score (nSPS) is 11.7. The summed E-state index contributed by atoms with van der Waals surface area (Å²) in [6.07, 6.45) is 2.35. The summed E-state index contributed by atoms with van der Waals surface area (Å²) in [5.41, 5.74) is 2.43. The first-order chi connectivity index (χ1) is 30.6. The van der Waals surface area contributed by atoms with Crippen molar-refractivity contribution in [3.8, 4) is 17.6 Å². The lowest BCUT2D eigenvalue weighted by atomic mass is 9.93. The van der Waals surface area contributed by atoms with Gasteiger partial charge in [-0.15, -0.1) is 0 Å². The number of esters is 4. The fourth-order valence-corrected chi connectivity index (χ4v) is 5.82. The van der Waals surface area contributed by atoms with Crippen LogP contribution in [-0.4, -0.2) is 64.5 Å². The van der Waals surface area contributed by atoms with Crippen molar-refractivity contribution in [3.63, 3.8) is 0 Å². The number of hydrogen-bond donors (Lipinski definition) is 0. The molecule has 0 aliphatic carbocycles.